The molecule has 0 aliphatic carbocycles. The van der Waals surface area contributed by atoms with Crippen molar-refractivity contribution in [1.29, 1.82) is 0 Å². The molecule has 1 N–H and O–H groups in total. The second kappa shape index (κ2) is 8.64. The molecule has 1 heterocycles. The number of carboxylic acid groups (broad SMARTS) is 1. The van der Waals surface area contributed by atoms with Crippen LogP contribution in [0.1, 0.15) is 11.8 Å². The third kappa shape index (κ3) is 4.75. The Labute approximate surface area is 143 Å². The molecule has 0 atom stereocenters. The zero-order chi connectivity index (χ0) is 13.7. The van der Waals surface area contributed by atoms with Gasteiger partial charge in [0.25, 0.3) is 0 Å². The van der Waals surface area contributed by atoms with E-state index in [0.717, 1.165) is 45.0 Å². The number of rotatable bonds is 5. The van der Waals surface area contributed by atoms with Gasteiger partial charge in [0.15, 0.2) is 0 Å². The van der Waals surface area contributed by atoms with Crippen molar-refractivity contribution in [1.82, 2.24) is 4.90 Å². The molecule has 0 saturated carbocycles. The summed E-state index contributed by atoms with van der Waals surface area (Å²) in [5.74, 6) is -0.879. The summed E-state index contributed by atoms with van der Waals surface area (Å²) in [4.78, 5) is 15.5. The van der Waals surface area contributed by atoms with E-state index in [1.807, 2.05) is 12.1 Å². The SMILES string of the molecule is COCCN1CCN(c2ccc(C(=O)O)cc2)CC1.[H-].[Na+]. The van der Waals surface area contributed by atoms with Gasteiger partial charge in [-0.15, -0.1) is 0 Å². The molecule has 6 heteroatoms. The van der Waals surface area contributed by atoms with E-state index in [4.69, 9.17) is 9.84 Å². The van der Waals surface area contributed by atoms with Crippen molar-refractivity contribution in [2.75, 3.05) is 51.3 Å². The zero-order valence-corrected chi connectivity index (χ0v) is 14.2. The van der Waals surface area contributed by atoms with Gasteiger partial charge in [-0.2, -0.15) is 0 Å². The van der Waals surface area contributed by atoms with Crippen molar-refractivity contribution < 1.29 is 45.6 Å². The average molecular weight is 288 g/mol. The number of hydrogen-bond acceptors (Lipinski definition) is 4. The van der Waals surface area contributed by atoms with Crippen molar-refractivity contribution in [2.24, 2.45) is 0 Å². The number of hydrogen-bond donors (Lipinski definition) is 1. The van der Waals surface area contributed by atoms with E-state index in [9.17, 15) is 4.79 Å². The number of methoxy groups -OCH3 is 1. The van der Waals surface area contributed by atoms with Crippen molar-refractivity contribution >= 4 is 11.7 Å². The second-order valence-corrected chi connectivity index (χ2v) is 4.67. The summed E-state index contributed by atoms with van der Waals surface area (Å²) in [7, 11) is 1.72. The molecule has 1 aliphatic heterocycles. The number of aromatic carboxylic acids is 1. The molecule has 0 spiro atoms. The molecule has 0 radical (unpaired) electrons. The van der Waals surface area contributed by atoms with Crippen LogP contribution >= 0.6 is 0 Å². The van der Waals surface area contributed by atoms with Gasteiger partial charge < -0.3 is 16.2 Å². The molecule has 5 nitrogen and oxygen atoms in total. The fraction of sp³-hybridized carbons (Fsp3) is 0.500. The van der Waals surface area contributed by atoms with Crippen LogP contribution in [0, 0.1) is 0 Å². The van der Waals surface area contributed by atoms with Gasteiger partial charge in [0.2, 0.25) is 0 Å². The van der Waals surface area contributed by atoms with E-state index in [1.165, 1.54) is 0 Å². The number of benzene rings is 1. The summed E-state index contributed by atoms with van der Waals surface area (Å²) >= 11 is 0. The van der Waals surface area contributed by atoms with Crippen LogP contribution in [0.15, 0.2) is 24.3 Å². The third-order valence-electron chi connectivity index (χ3n) is 3.46. The average Bonchev–Trinajstić information content (AvgIpc) is 2.46. The van der Waals surface area contributed by atoms with Gasteiger partial charge in [0.1, 0.15) is 0 Å². The van der Waals surface area contributed by atoms with Gasteiger partial charge in [-0.25, -0.2) is 4.79 Å². The van der Waals surface area contributed by atoms with E-state index in [0.29, 0.717) is 5.56 Å². The summed E-state index contributed by atoms with van der Waals surface area (Å²) in [6.45, 7) is 5.72. The van der Waals surface area contributed by atoms with Crippen LogP contribution in [-0.2, 0) is 4.74 Å². The van der Waals surface area contributed by atoms with E-state index in [1.54, 1.807) is 19.2 Å². The van der Waals surface area contributed by atoms with Crippen molar-refractivity contribution in [3.8, 4) is 0 Å². The summed E-state index contributed by atoms with van der Waals surface area (Å²) in [5.41, 5.74) is 1.43. The van der Waals surface area contributed by atoms with Crippen LogP contribution < -0.4 is 34.5 Å². The predicted molar refractivity (Wildman–Crippen MR) is 75.0 cm³/mol. The Morgan fingerprint density at radius 2 is 1.85 bits per heavy atom. The monoisotopic (exact) mass is 288 g/mol. The minimum Gasteiger partial charge on any atom is -1.00 e. The molecule has 106 valence electrons. The first kappa shape index (κ1) is 17.5. The molecule has 1 aromatic rings. The van der Waals surface area contributed by atoms with Crippen molar-refractivity contribution in [3.05, 3.63) is 29.8 Å². The summed E-state index contributed by atoms with van der Waals surface area (Å²) < 4.78 is 5.08. The molecule has 0 bridgehead atoms. The first-order valence-electron chi connectivity index (χ1n) is 6.50. The normalized spacial score (nSPS) is 15.8. The van der Waals surface area contributed by atoms with E-state index in [2.05, 4.69) is 9.80 Å². The van der Waals surface area contributed by atoms with Gasteiger partial charge in [-0.3, -0.25) is 4.90 Å². The summed E-state index contributed by atoms with van der Waals surface area (Å²) in [6.07, 6.45) is 0. The molecule has 0 aromatic heterocycles. The molecule has 1 aliphatic rings. The van der Waals surface area contributed by atoms with E-state index >= 15 is 0 Å². The van der Waals surface area contributed by atoms with Crippen LogP contribution in [0.4, 0.5) is 5.69 Å². The van der Waals surface area contributed by atoms with Crippen LogP contribution in [0.2, 0.25) is 0 Å². The van der Waals surface area contributed by atoms with Crippen LogP contribution in [-0.4, -0.2) is 62.4 Å². The van der Waals surface area contributed by atoms with Gasteiger partial charge in [0.05, 0.1) is 12.2 Å². The molecule has 0 unspecified atom stereocenters. The first-order chi connectivity index (χ1) is 9.20. The fourth-order valence-electron chi connectivity index (χ4n) is 2.26. The molecule has 1 saturated heterocycles. The Bertz CT molecular complexity index is 423. The van der Waals surface area contributed by atoms with E-state index < -0.39 is 5.97 Å². The fourth-order valence-corrected chi connectivity index (χ4v) is 2.26. The largest absolute Gasteiger partial charge is 1.00 e. The minimum atomic E-state index is -0.879. The van der Waals surface area contributed by atoms with E-state index in [-0.39, 0.29) is 31.0 Å². The standard InChI is InChI=1S/C14H20N2O3.Na.H/c1-19-11-10-15-6-8-16(9-7-15)13-4-2-12(3-5-13)14(17)18;;/h2-5H,6-11H2,1H3,(H,17,18);;/q;+1;-1. The smallest absolute Gasteiger partial charge is 1.00 e. The molecule has 1 fully saturated rings. The maximum Gasteiger partial charge on any atom is 1.00 e. The van der Waals surface area contributed by atoms with Gasteiger partial charge in [-0.1, -0.05) is 0 Å². The molecule has 20 heavy (non-hydrogen) atoms. The Hall–Kier alpha value is -0.590. The van der Waals surface area contributed by atoms with Crippen molar-refractivity contribution in [2.45, 2.75) is 0 Å². The molecule has 0 amide bonds. The quantitative estimate of drug-likeness (QED) is 0.653. The number of carbonyl (C=O) groups is 1. The molecule has 2 rings (SSSR count). The molecule has 1 aromatic carbocycles. The Balaban J connectivity index is 0.00000200. The van der Waals surface area contributed by atoms with Gasteiger partial charge in [0, 0.05) is 45.5 Å². The van der Waals surface area contributed by atoms with Crippen LogP contribution in [0.5, 0.6) is 0 Å². The van der Waals surface area contributed by atoms with Gasteiger partial charge in [-0.05, 0) is 24.3 Å². The van der Waals surface area contributed by atoms with Crippen LogP contribution in [0.25, 0.3) is 0 Å². The Kier molecular flexibility index (Phi) is 7.55. The first-order valence-corrected chi connectivity index (χ1v) is 6.50. The predicted octanol–water partition coefficient (Wildman–Crippen LogP) is -1.73. The number of anilines is 1. The molecular weight excluding hydrogens is 267 g/mol. The maximum atomic E-state index is 10.8. The van der Waals surface area contributed by atoms with Gasteiger partial charge >= 0.3 is 35.5 Å². The minimum absolute atomic E-state index is 0. The summed E-state index contributed by atoms with van der Waals surface area (Å²) in [6, 6.07) is 7.09. The second-order valence-electron chi connectivity index (χ2n) is 4.67. The topological polar surface area (TPSA) is 53.0 Å². The number of nitrogens with zero attached hydrogens (tertiary/aromatic N) is 2. The molecular formula is C14H21N2NaO3. The Morgan fingerprint density at radius 1 is 1.25 bits per heavy atom. The Morgan fingerprint density at radius 3 is 2.35 bits per heavy atom. The number of ether oxygens (including phenoxy) is 1. The summed E-state index contributed by atoms with van der Waals surface area (Å²) in [5, 5.41) is 8.87. The van der Waals surface area contributed by atoms with Crippen molar-refractivity contribution in [3.63, 3.8) is 0 Å². The maximum absolute atomic E-state index is 10.8. The third-order valence-corrected chi connectivity index (χ3v) is 3.46. The number of carboxylic acids is 1. The van der Waals surface area contributed by atoms with Crippen LogP contribution in [0.3, 0.4) is 0 Å². The zero-order valence-electron chi connectivity index (χ0n) is 13.2. The number of piperazine rings is 1.